The highest BCUT2D eigenvalue weighted by molar-refractivity contribution is 5.37. The van der Waals surface area contributed by atoms with E-state index >= 15 is 0 Å². The Morgan fingerprint density at radius 3 is 2.11 bits per heavy atom. The zero-order valence-corrected chi connectivity index (χ0v) is 11.0. The Kier molecular flexibility index (Phi) is 6.09. The predicted octanol–water partition coefficient (Wildman–Crippen LogP) is 3.19. The Balaban J connectivity index is 0.000000191. The van der Waals surface area contributed by atoms with Crippen molar-refractivity contribution in [1.82, 2.24) is 0 Å². The average molecular weight is 262 g/mol. The first-order valence-corrected chi connectivity index (χ1v) is 5.91. The average Bonchev–Trinajstić information content (AvgIpc) is 2.43. The number of phenols is 2. The summed E-state index contributed by atoms with van der Waals surface area (Å²) in [6, 6.07) is 13.5. The van der Waals surface area contributed by atoms with Gasteiger partial charge in [0, 0.05) is 0 Å². The van der Waals surface area contributed by atoms with E-state index in [2.05, 4.69) is 0 Å². The van der Waals surface area contributed by atoms with Gasteiger partial charge in [0.05, 0.1) is 13.7 Å². The first-order valence-electron chi connectivity index (χ1n) is 5.91. The molecule has 0 radical (unpaired) electrons. The summed E-state index contributed by atoms with van der Waals surface area (Å²) < 4.78 is 9.94. The molecule has 0 amide bonds. The maximum absolute atomic E-state index is 9.12. The van der Waals surface area contributed by atoms with E-state index in [0.717, 1.165) is 5.75 Å². The van der Waals surface area contributed by atoms with Crippen LogP contribution in [0.1, 0.15) is 6.92 Å². The van der Waals surface area contributed by atoms with Crippen molar-refractivity contribution in [3.8, 4) is 23.0 Å². The Morgan fingerprint density at radius 2 is 1.58 bits per heavy atom. The molecule has 0 aliphatic heterocycles. The zero-order valence-electron chi connectivity index (χ0n) is 11.0. The van der Waals surface area contributed by atoms with Gasteiger partial charge in [-0.05, 0) is 43.3 Å². The van der Waals surface area contributed by atoms with Crippen molar-refractivity contribution in [2.24, 2.45) is 0 Å². The van der Waals surface area contributed by atoms with Crippen molar-refractivity contribution in [3.63, 3.8) is 0 Å². The SMILES string of the molecule is CCOc1ccccc1O.COc1ccc(O)cc1. The molecule has 19 heavy (non-hydrogen) atoms. The quantitative estimate of drug-likeness (QED) is 0.891. The largest absolute Gasteiger partial charge is 0.508 e. The summed E-state index contributed by atoms with van der Waals surface area (Å²) in [6.07, 6.45) is 0. The van der Waals surface area contributed by atoms with Crippen LogP contribution in [0.15, 0.2) is 48.5 Å². The fourth-order valence-corrected chi connectivity index (χ4v) is 1.32. The smallest absolute Gasteiger partial charge is 0.160 e. The Hall–Kier alpha value is -2.36. The third-order valence-electron chi connectivity index (χ3n) is 2.24. The molecule has 0 bridgehead atoms. The van der Waals surface area contributed by atoms with Gasteiger partial charge in [0.1, 0.15) is 11.5 Å². The molecule has 4 heteroatoms. The van der Waals surface area contributed by atoms with Gasteiger partial charge < -0.3 is 19.7 Å². The molecule has 2 N–H and O–H groups in total. The lowest BCUT2D eigenvalue weighted by Crippen LogP contribution is -1.90. The number of para-hydroxylation sites is 2. The number of hydrogen-bond donors (Lipinski definition) is 2. The highest BCUT2D eigenvalue weighted by atomic mass is 16.5. The topological polar surface area (TPSA) is 58.9 Å². The van der Waals surface area contributed by atoms with Crippen LogP contribution in [0.4, 0.5) is 0 Å². The van der Waals surface area contributed by atoms with E-state index in [1.54, 1.807) is 49.6 Å². The normalized spacial score (nSPS) is 9.16. The van der Waals surface area contributed by atoms with E-state index in [-0.39, 0.29) is 11.5 Å². The van der Waals surface area contributed by atoms with Gasteiger partial charge in [-0.1, -0.05) is 12.1 Å². The summed E-state index contributed by atoms with van der Waals surface area (Å²) in [6.45, 7) is 2.46. The van der Waals surface area contributed by atoms with Crippen molar-refractivity contribution < 1.29 is 19.7 Å². The Bertz CT molecular complexity index is 480. The molecule has 2 aromatic rings. The molecule has 0 atom stereocenters. The molecule has 0 spiro atoms. The van der Waals surface area contributed by atoms with Crippen LogP contribution in [0, 0.1) is 0 Å². The van der Waals surface area contributed by atoms with E-state index in [1.807, 2.05) is 13.0 Å². The van der Waals surface area contributed by atoms with Crippen LogP contribution in [0.5, 0.6) is 23.0 Å². The second-order valence-electron chi connectivity index (χ2n) is 3.60. The molecule has 0 aliphatic rings. The minimum atomic E-state index is 0.198. The van der Waals surface area contributed by atoms with Gasteiger partial charge >= 0.3 is 0 Å². The first kappa shape index (κ1) is 14.7. The van der Waals surface area contributed by atoms with Crippen LogP contribution in [0.25, 0.3) is 0 Å². The Labute approximate surface area is 112 Å². The molecule has 0 aromatic heterocycles. The van der Waals surface area contributed by atoms with E-state index in [9.17, 15) is 0 Å². The number of methoxy groups -OCH3 is 1. The fourth-order valence-electron chi connectivity index (χ4n) is 1.32. The summed E-state index contributed by atoms with van der Waals surface area (Å²) in [4.78, 5) is 0. The zero-order chi connectivity index (χ0) is 14.1. The standard InChI is InChI=1S/C8H10O2.C7H8O2/c1-2-10-8-6-4-3-5-7(8)9;1-9-7-4-2-6(8)3-5-7/h3-6,9H,2H2,1H3;2-5,8H,1H3. The second-order valence-corrected chi connectivity index (χ2v) is 3.60. The van der Waals surface area contributed by atoms with Crippen molar-refractivity contribution in [1.29, 1.82) is 0 Å². The predicted molar refractivity (Wildman–Crippen MR) is 73.9 cm³/mol. The van der Waals surface area contributed by atoms with E-state index in [4.69, 9.17) is 19.7 Å². The minimum absolute atomic E-state index is 0.198. The van der Waals surface area contributed by atoms with E-state index in [0.29, 0.717) is 12.4 Å². The minimum Gasteiger partial charge on any atom is -0.508 e. The number of ether oxygens (including phenoxy) is 2. The van der Waals surface area contributed by atoms with Crippen LogP contribution in [-0.4, -0.2) is 23.9 Å². The molecule has 0 heterocycles. The van der Waals surface area contributed by atoms with E-state index < -0.39 is 0 Å². The lowest BCUT2D eigenvalue weighted by Gasteiger charge is -2.02. The van der Waals surface area contributed by atoms with Crippen LogP contribution < -0.4 is 9.47 Å². The van der Waals surface area contributed by atoms with Crippen molar-refractivity contribution >= 4 is 0 Å². The molecule has 2 aromatic carbocycles. The van der Waals surface area contributed by atoms with Crippen LogP contribution in [0.3, 0.4) is 0 Å². The number of rotatable bonds is 3. The summed E-state index contributed by atoms with van der Waals surface area (Å²) in [5, 5.41) is 17.9. The molecule has 4 nitrogen and oxygen atoms in total. The number of hydrogen-bond acceptors (Lipinski definition) is 4. The van der Waals surface area contributed by atoms with Crippen LogP contribution in [-0.2, 0) is 0 Å². The number of aromatic hydroxyl groups is 2. The Morgan fingerprint density at radius 1 is 0.947 bits per heavy atom. The maximum Gasteiger partial charge on any atom is 0.160 e. The fraction of sp³-hybridized carbons (Fsp3) is 0.200. The molecule has 2 rings (SSSR count). The van der Waals surface area contributed by atoms with Gasteiger partial charge in [0.2, 0.25) is 0 Å². The maximum atomic E-state index is 9.12. The van der Waals surface area contributed by atoms with Gasteiger partial charge in [-0.15, -0.1) is 0 Å². The molecule has 0 saturated heterocycles. The lowest BCUT2D eigenvalue weighted by atomic mass is 10.3. The molecule has 0 unspecified atom stereocenters. The van der Waals surface area contributed by atoms with Gasteiger partial charge in [-0.2, -0.15) is 0 Å². The summed E-state index contributed by atoms with van der Waals surface area (Å²) >= 11 is 0. The monoisotopic (exact) mass is 262 g/mol. The molecule has 0 aliphatic carbocycles. The molecule has 102 valence electrons. The first-order chi connectivity index (χ1) is 9.17. The molecular formula is C15H18O4. The second kappa shape index (κ2) is 7.87. The number of phenolic OH excluding ortho intramolecular Hbond substituents is 2. The van der Waals surface area contributed by atoms with Crippen molar-refractivity contribution in [2.75, 3.05) is 13.7 Å². The van der Waals surface area contributed by atoms with Crippen LogP contribution in [0.2, 0.25) is 0 Å². The number of benzene rings is 2. The lowest BCUT2D eigenvalue weighted by molar-refractivity contribution is 0.318. The van der Waals surface area contributed by atoms with Gasteiger partial charge in [-0.25, -0.2) is 0 Å². The van der Waals surface area contributed by atoms with Gasteiger partial charge in [0.25, 0.3) is 0 Å². The third kappa shape index (κ3) is 5.21. The van der Waals surface area contributed by atoms with E-state index in [1.165, 1.54) is 0 Å². The molecular weight excluding hydrogens is 244 g/mol. The van der Waals surface area contributed by atoms with Gasteiger partial charge in [-0.3, -0.25) is 0 Å². The molecule has 0 saturated carbocycles. The summed E-state index contributed by atoms with van der Waals surface area (Å²) in [5.74, 6) is 1.76. The third-order valence-corrected chi connectivity index (χ3v) is 2.24. The van der Waals surface area contributed by atoms with Crippen molar-refractivity contribution in [2.45, 2.75) is 6.92 Å². The van der Waals surface area contributed by atoms with Crippen molar-refractivity contribution in [3.05, 3.63) is 48.5 Å². The molecule has 0 fully saturated rings. The van der Waals surface area contributed by atoms with Crippen LogP contribution >= 0.6 is 0 Å². The summed E-state index contributed by atoms with van der Waals surface area (Å²) in [5.41, 5.74) is 0. The highest BCUT2D eigenvalue weighted by Crippen LogP contribution is 2.23. The summed E-state index contributed by atoms with van der Waals surface area (Å²) in [7, 11) is 1.59. The highest BCUT2D eigenvalue weighted by Gasteiger charge is 1.96. The van der Waals surface area contributed by atoms with Gasteiger partial charge in [0.15, 0.2) is 11.5 Å².